The number of aromatic nitrogens is 1. The maximum atomic E-state index is 12.8. The second-order valence-corrected chi connectivity index (χ2v) is 3.10. The summed E-state index contributed by atoms with van der Waals surface area (Å²) in [5, 5.41) is 0. The maximum Gasteiger partial charge on any atom is 0.255 e. The molecule has 15 heavy (non-hydrogen) atoms. The third-order valence-electron chi connectivity index (χ3n) is 2.02. The summed E-state index contributed by atoms with van der Waals surface area (Å²) >= 11 is 0. The first-order valence-corrected chi connectivity index (χ1v) is 4.37. The molecule has 0 saturated carbocycles. The highest BCUT2D eigenvalue weighted by Crippen LogP contribution is 2.07. The Labute approximate surface area is 90.8 Å². The maximum absolute atomic E-state index is 12.8. The van der Waals surface area contributed by atoms with Crippen molar-refractivity contribution >= 4 is 0 Å². The van der Waals surface area contributed by atoms with Crippen molar-refractivity contribution in [2.24, 2.45) is 0 Å². The van der Waals surface area contributed by atoms with Crippen LogP contribution in [0.2, 0.25) is 0 Å². The van der Waals surface area contributed by atoms with Gasteiger partial charge in [-0.05, 0) is 36.7 Å². The molecule has 0 atom stereocenters. The van der Waals surface area contributed by atoms with Crippen molar-refractivity contribution in [3.63, 3.8) is 0 Å². The Morgan fingerprint density at radius 1 is 1.20 bits per heavy atom. The SMILES string of the molecule is [2H]C([2H])([2H])c1ccc(=O)n(-c2ccc(F)cc2)c1. The lowest BCUT2D eigenvalue weighted by molar-refractivity contribution is 0.627. The standard InChI is InChI=1S/C12H10FNO/c1-9-2-7-12(15)14(8-9)11-5-3-10(13)4-6-11/h2-8H,1H3/i1D3. The number of pyridine rings is 1. The van der Waals surface area contributed by atoms with Gasteiger partial charge in [0.1, 0.15) is 5.82 Å². The highest BCUT2D eigenvalue weighted by Gasteiger charge is 1.99. The van der Waals surface area contributed by atoms with Gasteiger partial charge in [-0.2, -0.15) is 0 Å². The third-order valence-corrected chi connectivity index (χ3v) is 2.02. The van der Waals surface area contributed by atoms with E-state index < -0.39 is 12.7 Å². The van der Waals surface area contributed by atoms with Gasteiger partial charge in [0, 0.05) is 22.1 Å². The van der Waals surface area contributed by atoms with Gasteiger partial charge in [0.2, 0.25) is 0 Å². The van der Waals surface area contributed by atoms with Gasteiger partial charge < -0.3 is 0 Å². The van der Waals surface area contributed by atoms with Gasteiger partial charge >= 0.3 is 0 Å². The van der Waals surface area contributed by atoms with Gasteiger partial charge in [0.15, 0.2) is 0 Å². The normalized spacial score (nSPS) is 14.1. The zero-order valence-electron chi connectivity index (χ0n) is 10.8. The van der Waals surface area contributed by atoms with Gasteiger partial charge in [-0.25, -0.2) is 4.39 Å². The van der Waals surface area contributed by atoms with Crippen LogP contribution >= 0.6 is 0 Å². The molecule has 3 heteroatoms. The average Bonchev–Trinajstić information content (AvgIpc) is 2.29. The van der Waals surface area contributed by atoms with Crippen LogP contribution in [0, 0.1) is 12.7 Å². The Bertz CT molecular complexity index is 616. The molecular formula is C12H10FNO. The number of hydrogen-bond donors (Lipinski definition) is 0. The summed E-state index contributed by atoms with van der Waals surface area (Å²) < 4.78 is 35.9. The van der Waals surface area contributed by atoms with E-state index in [-0.39, 0.29) is 11.1 Å². The smallest absolute Gasteiger partial charge is 0.255 e. The van der Waals surface area contributed by atoms with E-state index in [9.17, 15) is 9.18 Å². The molecule has 76 valence electrons. The topological polar surface area (TPSA) is 22.0 Å². The lowest BCUT2D eigenvalue weighted by Crippen LogP contribution is -2.16. The summed E-state index contributed by atoms with van der Waals surface area (Å²) in [7, 11) is 0. The van der Waals surface area contributed by atoms with E-state index in [0.717, 1.165) is 0 Å². The molecule has 1 heterocycles. The number of benzene rings is 1. The molecule has 0 amide bonds. The lowest BCUT2D eigenvalue weighted by Gasteiger charge is -2.05. The van der Waals surface area contributed by atoms with Crippen LogP contribution in [0.15, 0.2) is 47.4 Å². The molecule has 1 aromatic heterocycles. The molecule has 0 aliphatic rings. The third kappa shape index (κ3) is 1.96. The first kappa shape index (κ1) is 6.56. The molecule has 1 aromatic carbocycles. The minimum absolute atomic E-state index is 0.0615. The highest BCUT2D eigenvalue weighted by atomic mass is 19.1. The predicted octanol–water partition coefficient (Wildman–Crippen LogP) is 2.29. The van der Waals surface area contributed by atoms with Crippen molar-refractivity contribution in [1.82, 2.24) is 4.57 Å². The Hall–Kier alpha value is -1.90. The predicted molar refractivity (Wildman–Crippen MR) is 56.7 cm³/mol. The Morgan fingerprint density at radius 3 is 2.60 bits per heavy atom. The molecule has 0 aliphatic carbocycles. The Kier molecular flexibility index (Phi) is 1.61. The summed E-state index contributed by atoms with van der Waals surface area (Å²) in [4.78, 5) is 11.7. The van der Waals surface area contributed by atoms with E-state index in [1.807, 2.05) is 0 Å². The Morgan fingerprint density at radius 2 is 1.93 bits per heavy atom. The monoisotopic (exact) mass is 206 g/mol. The molecule has 0 spiro atoms. The van der Waals surface area contributed by atoms with Crippen LogP contribution in [0.4, 0.5) is 4.39 Å². The number of nitrogens with zero attached hydrogens (tertiary/aromatic N) is 1. The summed E-state index contributed by atoms with van der Waals surface area (Å²) in [5.41, 5.74) is 0.119. The minimum atomic E-state index is -2.28. The quantitative estimate of drug-likeness (QED) is 0.701. The van der Waals surface area contributed by atoms with Crippen molar-refractivity contribution in [1.29, 1.82) is 0 Å². The summed E-state index contributed by atoms with van der Waals surface area (Å²) in [5.74, 6) is -0.418. The van der Waals surface area contributed by atoms with Crippen molar-refractivity contribution in [2.45, 2.75) is 6.85 Å². The largest absolute Gasteiger partial charge is 0.284 e. The van der Waals surface area contributed by atoms with Crippen molar-refractivity contribution in [3.05, 3.63) is 64.3 Å². The first-order valence-electron chi connectivity index (χ1n) is 5.87. The molecule has 0 bridgehead atoms. The second kappa shape index (κ2) is 3.69. The molecule has 0 fully saturated rings. The minimum Gasteiger partial charge on any atom is -0.284 e. The zero-order chi connectivity index (χ0) is 13.3. The number of halogens is 1. The van der Waals surface area contributed by atoms with Gasteiger partial charge in [0.05, 0.1) is 0 Å². The fourth-order valence-electron chi connectivity index (χ4n) is 1.29. The summed E-state index contributed by atoms with van der Waals surface area (Å²) in [6.45, 7) is -2.28. The van der Waals surface area contributed by atoms with Crippen LogP contribution in [0.1, 0.15) is 9.68 Å². The number of hydrogen-bond acceptors (Lipinski definition) is 1. The lowest BCUT2D eigenvalue weighted by atomic mass is 10.2. The highest BCUT2D eigenvalue weighted by molar-refractivity contribution is 5.33. The van der Waals surface area contributed by atoms with E-state index in [1.54, 1.807) is 0 Å². The molecule has 0 aliphatic heterocycles. The van der Waals surface area contributed by atoms with Gasteiger partial charge in [-0.3, -0.25) is 9.36 Å². The molecule has 2 nitrogen and oxygen atoms in total. The van der Waals surface area contributed by atoms with Crippen LogP contribution in [0.5, 0.6) is 0 Å². The fourth-order valence-corrected chi connectivity index (χ4v) is 1.29. The van der Waals surface area contributed by atoms with Crippen LogP contribution in [-0.2, 0) is 0 Å². The first-order chi connectivity index (χ1) is 8.38. The summed E-state index contributed by atoms with van der Waals surface area (Å²) in [6, 6.07) is 7.72. The summed E-state index contributed by atoms with van der Waals surface area (Å²) in [6.07, 6.45) is 1.25. The molecule has 0 unspecified atom stereocenters. The van der Waals surface area contributed by atoms with E-state index in [4.69, 9.17) is 4.11 Å². The Balaban J connectivity index is 2.57. The van der Waals surface area contributed by atoms with E-state index >= 15 is 0 Å². The number of rotatable bonds is 1. The molecule has 2 rings (SSSR count). The van der Waals surface area contributed by atoms with Gasteiger partial charge in [-0.15, -0.1) is 0 Å². The molecular weight excluding hydrogens is 193 g/mol. The van der Waals surface area contributed by atoms with Crippen LogP contribution < -0.4 is 5.56 Å². The van der Waals surface area contributed by atoms with Crippen molar-refractivity contribution in [3.8, 4) is 5.69 Å². The van der Waals surface area contributed by atoms with Gasteiger partial charge in [-0.1, -0.05) is 6.07 Å². The van der Waals surface area contributed by atoms with E-state index in [2.05, 4.69) is 0 Å². The second-order valence-electron chi connectivity index (χ2n) is 3.10. The molecule has 0 radical (unpaired) electrons. The molecule has 0 saturated heterocycles. The van der Waals surface area contributed by atoms with Gasteiger partial charge in [0.25, 0.3) is 5.56 Å². The average molecular weight is 206 g/mol. The fraction of sp³-hybridized carbons (Fsp3) is 0.0833. The van der Waals surface area contributed by atoms with Crippen LogP contribution in [0.3, 0.4) is 0 Å². The number of aryl methyl sites for hydroxylation is 1. The zero-order valence-corrected chi connectivity index (χ0v) is 7.77. The van der Waals surface area contributed by atoms with Crippen molar-refractivity contribution in [2.75, 3.05) is 0 Å². The van der Waals surface area contributed by atoms with Crippen LogP contribution in [-0.4, -0.2) is 4.57 Å². The van der Waals surface area contributed by atoms with Crippen LogP contribution in [0.25, 0.3) is 5.69 Å². The van der Waals surface area contributed by atoms with Crippen molar-refractivity contribution < 1.29 is 8.50 Å². The van der Waals surface area contributed by atoms with E-state index in [0.29, 0.717) is 5.69 Å². The molecule has 0 N–H and O–H groups in total. The molecule has 2 aromatic rings. The van der Waals surface area contributed by atoms with E-state index in [1.165, 1.54) is 47.2 Å².